The highest BCUT2D eigenvalue weighted by Crippen LogP contribution is 2.41. The number of carbonyl (C=O) groups excluding carboxylic acids is 1. The Balaban J connectivity index is 1.32. The van der Waals surface area contributed by atoms with Crippen LogP contribution in [-0.2, 0) is 9.53 Å². The Labute approximate surface area is 216 Å². The Kier molecular flexibility index (Phi) is 7.41. The lowest BCUT2D eigenvalue weighted by Crippen LogP contribution is -2.20. The minimum Gasteiger partial charge on any atom is -0.508 e. The summed E-state index contributed by atoms with van der Waals surface area (Å²) in [6, 6.07) is 23.7. The van der Waals surface area contributed by atoms with Crippen LogP contribution in [0.5, 0.6) is 23.0 Å². The van der Waals surface area contributed by atoms with Crippen molar-refractivity contribution in [3.63, 3.8) is 0 Å². The number of ether oxygens (including phenoxy) is 2. The Hall–Kier alpha value is -4.25. The van der Waals surface area contributed by atoms with Gasteiger partial charge in [0.15, 0.2) is 0 Å². The van der Waals surface area contributed by atoms with Gasteiger partial charge in [-0.2, -0.15) is 0 Å². The second kappa shape index (κ2) is 11.2. The average Bonchev–Trinajstić information content (AvgIpc) is 2.91. The molecule has 0 bridgehead atoms. The summed E-state index contributed by atoms with van der Waals surface area (Å²) >= 11 is 0. The van der Waals surface area contributed by atoms with Crippen molar-refractivity contribution in [2.24, 2.45) is 0 Å². The van der Waals surface area contributed by atoms with Crippen LogP contribution in [0.15, 0.2) is 84.9 Å². The third kappa shape index (κ3) is 6.12. The summed E-state index contributed by atoms with van der Waals surface area (Å²) in [5.74, 6) is 1.54. The summed E-state index contributed by atoms with van der Waals surface area (Å²) in [4.78, 5) is 12.1. The summed E-state index contributed by atoms with van der Waals surface area (Å²) in [6.07, 6.45) is 9.54. The van der Waals surface area contributed by atoms with Gasteiger partial charge in [0.1, 0.15) is 29.1 Å². The van der Waals surface area contributed by atoms with Crippen LogP contribution in [-0.4, -0.2) is 22.3 Å². The molecule has 4 aromatic rings. The minimum atomic E-state index is -0.174. The SMILES string of the molecule is O=C(CC=Cc1ccc(Oc2c(-c3ccc(O)cc3)ccc3cc(O)ccc23)cc1)OC1CCCCC1. The van der Waals surface area contributed by atoms with Crippen molar-refractivity contribution in [1.82, 2.24) is 0 Å². The number of phenols is 2. The van der Waals surface area contributed by atoms with Crippen LogP contribution < -0.4 is 4.74 Å². The lowest BCUT2D eigenvalue weighted by Gasteiger charge is -2.21. The van der Waals surface area contributed by atoms with Crippen molar-refractivity contribution in [3.8, 4) is 34.1 Å². The normalized spacial score (nSPS) is 14.2. The molecule has 1 aliphatic carbocycles. The van der Waals surface area contributed by atoms with Gasteiger partial charge in [0.05, 0.1) is 6.42 Å². The molecule has 0 saturated heterocycles. The number of hydrogen-bond acceptors (Lipinski definition) is 5. The number of fused-ring (bicyclic) bond motifs is 1. The van der Waals surface area contributed by atoms with Gasteiger partial charge in [0, 0.05) is 10.9 Å². The zero-order chi connectivity index (χ0) is 25.6. The van der Waals surface area contributed by atoms with E-state index in [4.69, 9.17) is 9.47 Å². The van der Waals surface area contributed by atoms with E-state index >= 15 is 0 Å². The summed E-state index contributed by atoms with van der Waals surface area (Å²) in [6.45, 7) is 0. The molecule has 0 spiro atoms. The molecule has 188 valence electrons. The number of aromatic hydroxyl groups is 2. The molecule has 4 aromatic carbocycles. The molecule has 0 heterocycles. The van der Waals surface area contributed by atoms with Crippen molar-refractivity contribution in [2.45, 2.75) is 44.6 Å². The molecular weight excluding hydrogens is 464 g/mol. The first-order chi connectivity index (χ1) is 18.0. The van der Waals surface area contributed by atoms with E-state index < -0.39 is 0 Å². The predicted molar refractivity (Wildman–Crippen MR) is 146 cm³/mol. The van der Waals surface area contributed by atoms with E-state index in [1.165, 1.54) is 6.42 Å². The van der Waals surface area contributed by atoms with Gasteiger partial charge in [-0.15, -0.1) is 0 Å². The molecule has 0 amide bonds. The fraction of sp³-hybridized carbons (Fsp3) is 0.219. The van der Waals surface area contributed by atoms with E-state index in [1.807, 2.05) is 66.7 Å². The van der Waals surface area contributed by atoms with E-state index in [0.717, 1.165) is 53.1 Å². The quantitative estimate of drug-likeness (QED) is 0.255. The van der Waals surface area contributed by atoms with Gasteiger partial charge in [0.25, 0.3) is 0 Å². The summed E-state index contributed by atoms with van der Waals surface area (Å²) in [7, 11) is 0. The second-order valence-electron chi connectivity index (χ2n) is 9.42. The maximum absolute atomic E-state index is 12.1. The Morgan fingerprint density at radius 2 is 1.57 bits per heavy atom. The highest BCUT2D eigenvalue weighted by atomic mass is 16.5. The van der Waals surface area contributed by atoms with Crippen LogP contribution in [0.4, 0.5) is 0 Å². The summed E-state index contributed by atoms with van der Waals surface area (Å²) < 4.78 is 12.0. The Morgan fingerprint density at radius 1 is 0.838 bits per heavy atom. The molecule has 0 atom stereocenters. The number of carbonyl (C=O) groups is 1. The van der Waals surface area contributed by atoms with E-state index in [9.17, 15) is 15.0 Å². The van der Waals surface area contributed by atoms with Crippen LogP contribution >= 0.6 is 0 Å². The maximum atomic E-state index is 12.1. The van der Waals surface area contributed by atoms with Crippen molar-refractivity contribution < 1.29 is 24.5 Å². The van der Waals surface area contributed by atoms with Crippen molar-refractivity contribution in [1.29, 1.82) is 0 Å². The monoisotopic (exact) mass is 494 g/mol. The predicted octanol–water partition coefficient (Wildman–Crippen LogP) is 7.99. The molecule has 5 rings (SSSR count). The van der Waals surface area contributed by atoms with E-state index in [-0.39, 0.29) is 30.0 Å². The Morgan fingerprint density at radius 3 is 2.32 bits per heavy atom. The van der Waals surface area contributed by atoms with E-state index in [2.05, 4.69) is 0 Å². The van der Waals surface area contributed by atoms with Gasteiger partial charge >= 0.3 is 5.97 Å². The Bertz CT molecular complexity index is 1400. The molecule has 5 nitrogen and oxygen atoms in total. The third-order valence-electron chi connectivity index (χ3n) is 6.68. The van der Waals surface area contributed by atoms with Crippen LogP contribution in [0.2, 0.25) is 0 Å². The molecule has 37 heavy (non-hydrogen) atoms. The van der Waals surface area contributed by atoms with Gasteiger partial charge in [-0.25, -0.2) is 0 Å². The number of rotatable bonds is 7. The zero-order valence-electron chi connectivity index (χ0n) is 20.6. The van der Waals surface area contributed by atoms with Gasteiger partial charge < -0.3 is 19.7 Å². The fourth-order valence-electron chi connectivity index (χ4n) is 4.74. The molecule has 0 aliphatic heterocycles. The number of phenolic OH excluding ortho intramolecular Hbond substituents is 2. The molecular formula is C32H30O5. The molecule has 0 radical (unpaired) electrons. The minimum absolute atomic E-state index is 0.0792. The zero-order valence-corrected chi connectivity index (χ0v) is 20.6. The first-order valence-electron chi connectivity index (χ1n) is 12.7. The smallest absolute Gasteiger partial charge is 0.309 e. The van der Waals surface area contributed by atoms with Crippen LogP contribution in [0.1, 0.15) is 44.1 Å². The van der Waals surface area contributed by atoms with Crippen molar-refractivity contribution >= 4 is 22.8 Å². The van der Waals surface area contributed by atoms with E-state index in [1.54, 1.807) is 24.3 Å². The lowest BCUT2D eigenvalue weighted by molar-refractivity contribution is -0.149. The molecule has 2 N–H and O–H groups in total. The fourth-order valence-corrected chi connectivity index (χ4v) is 4.74. The lowest BCUT2D eigenvalue weighted by atomic mass is 9.98. The third-order valence-corrected chi connectivity index (χ3v) is 6.68. The highest BCUT2D eigenvalue weighted by Gasteiger charge is 2.17. The number of esters is 1. The number of benzene rings is 4. The number of hydrogen-bond donors (Lipinski definition) is 2. The van der Waals surface area contributed by atoms with E-state index in [0.29, 0.717) is 11.5 Å². The van der Waals surface area contributed by atoms with Gasteiger partial charge in [-0.3, -0.25) is 4.79 Å². The van der Waals surface area contributed by atoms with Crippen LogP contribution in [0.25, 0.3) is 28.0 Å². The largest absolute Gasteiger partial charge is 0.508 e. The van der Waals surface area contributed by atoms with Crippen molar-refractivity contribution in [2.75, 3.05) is 0 Å². The van der Waals surface area contributed by atoms with Gasteiger partial charge in [-0.1, -0.05) is 48.9 Å². The van der Waals surface area contributed by atoms with Gasteiger partial charge in [0.2, 0.25) is 0 Å². The molecule has 5 heteroatoms. The highest BCUT2D eigenvalue weighted by molar-refractivity contribution is 5.96. The first-order valence-corrected chi connectivity index (χ1v) is 12.7. The molecule has 0 aromatic heterocycles. The summed E-state index contributed by atoms with van der Waals surface area (Å²) in [5, 5.41) is 21.4. The molecule has 1 saturated carbocycles. The van der Waals surface area contributed by atoms with Gasteiger partial charge in [-0.05, 0) is 90.7 Å². The summed E-state index contributed by atoms with van der Waals surface area (Å²) in [5.41, 5.74) is 2.74. The van der Waals surface area contributed by atoms with Crippen LogP contribution in [0, 0.1) is 0 Å². The standard InChI is InChI=1S/C32H30O5/c33-25-14-11-23(12-15-25)29-19-13-24-21-26(34)16-20-30(24)32(29)37-28-17-9-22(10-18-28)5-4-8-31(35)36-27-6-2-1-3-7-27/h4-5,9-21,27,33-34H,1-3,6-8H2. The second-order valence-corrected chi connectivity index (χ2v) is 9.42. The average molecular weight is 495 g/mol. The first kappa shape index (κ1) is 24.4. The maximum Gasteiger partial charge on any atom is 0.309 e. The van der Waals surface area contributed by atoms with Crippen LogP contribution in [0.3, 0.4) is 0 Å². The van der Waals surface area contributed by atoms with Crippen molar-refractivity contribution in [3.05, 3.63) is 90.5 Å². The molecule has 1 fully saturated rings. The molecule has 1 aliphatic rings. The topological polar surface area (TPSA) is 76.0 Å². The molecule has 0 unspecified atom stereocenters.